The van der Waals surface area contributed by atoms with Crippen molar-refractivity contribution in [3.63, 3.8) is 0 Å². The molecule has 0 saturated heterocycles. The molecular weight excluding hydrogens is 343 g/mol. The molecule has 0 radical (unpaired) electrons. The molecule has 1 aliphatic heterocycles. The third kappa shape index (κ3) is 2.41. The zero-order valence-electron chi connectivity index (χ0n) is 11.7. The van der Waals surface area contributed by atoms with Crippen LogP contribution in [-0.2, 0) is 0 Å². The Morgan fingerprint density at radius 3 is 2.79 bits per heavy atom. The van der Waals surface area contributed by atoms with E-state index in [1.165, 1.54) is 0 Å². The van der Waals surface area contributed by atoms with Crippen LogP contribution in [0.2, 0.25) is 5.02 Å². The summed E-state index contributed by atoms with van der Waals surface area (Å²) >= 11 is 5.89. The number of nitro groups is 1. The molecule has 7 nitrogen and oxygen atoms in total. The summed E-state index contributed by atoms with van der Waals surface area (Å²) in [6.45, 7) is -0.237. The number of ketones is 1. The molecule has 0 aliphatic carbocycles. The SMILES string of the molecule is N#Cc1c2c(cc([N+](=O)[O-])c1C(=O)c1cc(F)ccc1Cl)OCO2. The smallest absolute Gasteiger partial charge is 0.285 e. The first-order chi connectivity index (χ1) is 11.4. The van der Waals surface area contributed by atoms with Gasteiger partial charge in [-0.1, -0.05) is 11.6 Å². The van der Waals surface area contributed by atoms with Gasteiger partial charge in [-0.15, -0.1) is 0 Å². The second kappa shape index (κ2) is 5.79. The van der Waals surface area contributed by atoms with Crippen LogP contribution >= 0.6 is 11.6 Å². The van der Waals surface area contributed by atoms with E-state index < -0.39 is 27.8 Å². The molecule has 0 saturated carbocycles. The van der Waals surface area contributed by atoms with E-state index in [9.17, 15) is 24.6 Å². The third-order valence-corrected chi connectivity index (χ3v) is 3.68. The Labute approximate surface area is 138 Å². The van der Waals surface area contributed by atoms with Gasteiger partial charge in [0.05, 0.1) is 16.0 Å². The minimum Gasteiger partial charge on any atom is -0.453 e. The van der Waals surface area contributed by atoms with Crippen molar-refractivity contribution in [2.45, 2.75) is 0 Å². The van der Waals surface area contributed by atoms with Crippen molar-refractivity contribution in [2.24, 2.45) is 0 Å². The van der Waals surface area contributed by atoms with Crippen LogP contribution in [0.4, 0.5) is 10.1 Å². The van der Waals surface area contributed by atoms with E-state index in [1.54, 1.807) is 6.07 Å². The first-order valence-electron chi connectivity index (χ1n) is 6.45. The molecule has 1 aliphatic rings. The molecule has 0 amide bonds. The Balaban J connectivity index is 2.31. The molecule has 2 aromatic carbocycles. The van der Waals surface area contributed by atoms with Gasteiger partial charge in [0.1, 0.15) is 23.0 Å². The van der Waals surface area contributed by atoms with Crippen LogP contribution in [0.15, 0.2) is 24.3 Å². The molecule has 0 fully saturated rings. The molecule has 2 aromatic rings. The lowest BCUT2D eigenvalue weighted by molar-refractivity contribution is -0.385. The summed E-state index contributed by atoms with van der Waals surface area (Å²) in [6, 6.07) is 5.73. The van der Waals surface area contributed by atoms with Crippen LogP contribution in [-0.4, -0.2) is 17.5 Å². The van der Waals surface area contributed by atoms with Gasteiger partial charge < -0.3 is 9.47 Å². The van der Waals surface area contributed by atoms with Crippen molar-refractivity contribution < 1.29 is 23.6 Å². The summed E-state index contributed by atoms with van der Waals surface area (Å²) in [5.74, 6) is -1.79. The number of rotatable bonds is 3. The standard InChI is InChI=1S/C15H6ClFN2O5/c16-10-2-1-7(17)3-8(10)14(20)13-9(5-18)15-12(23-6-24-15)4-11(13)19(21)22/h1-4H,6H2. The van der Waals surface area contributed by atoms with Gasteiger partial charge in [0.15, 0.2) is 11.5 Å². The summed E-state index contributed by atoms with van der Waals surface area (Å²) in [6.07, 6.45) is 0. The van der Waals surface area contributed by atoms with Crippen LogP contribution in [0.1, 0.15) is 21.5 Å². The van der Waals surface area contributed by atoms with Crippen molar-refractivity contribution in [3.05, 3.63) is 61.9 Å². The Bertz CT molecular complexity index is 938. The fourth-order valence-electron chi connectivity index (χ4n) is 2.32. The lowest BCUT2D eigenvalue weighted by Gasteiger charge is -2.08. The molecule has 9 heteroatoms. The first-order valence-corrected chi connectivity index (χ1v) is 6.82. The zero-order chi connectivity index (χ0) is 17.4. The molecule has 0 aromatic heterocycles. The van der Waals surface area contributed by atoms with Crippen molar-refractivity contribution in [1.82, 2.24) is 0 Å². The quantitative estimate of drug-likeness (QED) is 0.479. The molecule has 3 rings (SSSR count). The van der Waals surface area contributed by atoms with E-state index in [1.807, 2.05) is 0 Å². The van der Waals surface area contributed by atoms with Crippen LogP contribution in [0.3, 0.4) is 0 Å². The van der Waals surface area contributed by atoms with E-state index in [-0.39, 0.29) is 34.4 Å². The van der Waals surface area contributed by atoms with Crippen LogP contribution in [0.5, 0.6) is 11.5 Å². The number of benzene rings is 2. The lowest BCUT2D eigenvalue weighted by atomic mass is 9.95. The van der Waals surface area contributed by atoms with Gasteiger partial charge in [0.2, 0.25) is 12.6 Å². The van der Waals surface area contributed by atoms with Crippen LogP contribution < -0.4 is 9.47 Å². The van der Waals surface area contributed by atoms with E-state index in [4.69, 9.17) is 21.1 Å². The monoisotopic (exact) mass is 348 g/mol. The van der Waals surface area contributed by atoms with Gasteiger partial charge in [-0.2, -0.15) is 5.26 Å². The topological polar surface area (TPSA) is 102 Å². The fourth-order valence-corrected chi connectivity index (χ4v) is 2.52. The first kappa shape index (κ1) is 15.7. The largest absolute Gasteiger partial charge is 0.453 e. The Hall–Kier alpha value is -3.18. The van der Waals surface area contributed by atoms with Crippen LogP contribution in [0, 0.1) is 27.3 Å². The van der Waals surface area contributed by atoms with E-state index in [0.717, 1.165) is 24.3 Å². The van der Waals surface area contributed by atoms with E-state index in [2.05, 4.69) is 0 Å². The van der Waals surface area contributed by atoms with Crippen molar-refractivity contribution in [2.75, 3.05) is 6.79 Å². The minimum atomic E-state index is -0.957. The van der Waals surface area contributed by atoms with Gasteiger partial charge in [-0.05, 0) is 18.2 Å². The maximum absolute atomic E-state index is 13.4. The van der Waals surface area contributed by atoms with Gasteiger partial charge in [0.25, 0.3) is 5.69 Å². The number of nitriles is 1. The van der Waals surface area contributed by atoms with Crippen molar-refractivity contribution in [1.29, 1.82) is 5.26 Å². The zero-order valence-corrected chi connectivity index (χ0v) is 12.5. The average Bonchev–Trinajstić information content (AvgIpc) is 3.02. The molecule has 120 valence electrons. The second-order valence-electron chi connectivity index (χ2n) is 4.70. The van der Waals surface area contributed by atoms with E-state index >= 15 is 0 Å². The lowest BCUT2D eigenvalue weighted by Crippen LogP contribution is -2.10. The summed E-state index contributed by atoms with van der Waals surface area (Å²) in [5, 5.41) is 20.6. The van der Waals surface area contributed by atoms with Gasteiger partial charge >= 0.3 is 0 Å². The van der Waals surface area contributed by atoms with Crippen molar-refractivity contribution in [3.8, 4) is 17.6 Å². The molecule has 0 unspecified atom stereocenters. The highest BCUT2D eigenvalue weighted by molar-refractivity contribution is 6.35. The number of ether oxygens (including phenoxy) is 2. The van der Waals surface area contributed by atoms with Crippen LogP contribution in [0.25, 0.3) is 0 Å². The Kier molecular flexibility index (Phi) is 3.79. The van der Waals surface area contributed by atoms with Gasteiger partial charge in [0, 0.05) is 5.56 Å². The summed E-state index contributed by atoms with van der Waals surface area (Å²) in [5.41, 5.74) is -1.84. The average molecular weight is 349 g/mol. The fraction of sp³-hybridized carbons (Fsp3) is 0.0667. The number of nitrogens with zero attached hydrogens (tertiary/aromatic N) is 2. The highest BCUT2D eigenvalue weighted by Gasteiger charge is 2.34. The predicted octanol–water partition coefficient (Wildman–Crippen LogP) is 3.22. The second-order valence-corrected chi connectivity index (χ2v) is 5.11. The Morgan fingerprint density at radius 2 is 2.12 bits per heavy atom. The number of hydrogen-bond acceptors (Lipinski definition) is 6. The van der Waals surface area contributed by atoms with Gasteiger partial charge in [-0.25, -0.2) is 4.39 Å². The highest BCUT2D eigenvalue weighted by Crippen LogP contribution is 2.43. The highest BCUT2D eigenvalue weighted by atomic mass is 35.5. The number of carbonyl (C=O) groups is 1. The third-order valence-electron chi connectivity index (χ3n) is 3.35. The number of nitro benzene ring substituents is 1. The summed E-state index contributed by atoms with van der Waals surface area (Å²) in [7, 11) is 0. The molecular formula is C15H6ClFN2O5. The predicted molar refractivity (Wildman–Crippen MR) is 78.8 cm³/mol. The molecule has 0 N–H and O–H groups in total. The number of carbonyl (C=O) groups excluding carboxylic acids is 1. The van der Waals surface area contributed by atoms with E-state index in [0.29, 0.717) is 0 Å². The maximum Gasteiger partial charge on any atom is 0.285 e. The number of hydrogen-bond donors (Lipinski definition) is 0. The molecule has 1 heterocycles. The number of fused-ring (bicyclic) bond motifs is 1. The maximum atomic E-state index is 13.4. The molecule has 0 atom stereocenters. The Morgan fingerprint density at radius 1 is 1.38 bits per heavy atom. The number of halogens is 2. The molecule has 24 heavy (non-hydrogen) atoms. The van der Waals surface area contributed by atoms with Crippen molar-refractivity contribution >= 4 is 23.1 Å². The molecule has 0 bridgehead atoms. The normalized spacial score (nSPS) is 11.9. The molecule has 0 spiro atoms. The summed E-state index contributed by atoms with van der Waals surface area (Å²) < 4.78 is 23.6. The minimum absolute atomic E-state index is 0.0138. The van der Waals surface area contributed by atoms with Gasteiger partial charge in [-0.3, -0.25) is 14.9 Å². The summed E-state index contributed by atoms with van der Waals surface area (Å²) in [4.78, 5) is 23.2.